The van der Waals surface area contributed by atoms with E-state index >= 15 is 0 Å². The molecule has 278 valence electrons. The highest BCUT2D eigenvalue weighted by Crippen LogP contribution is 2.32. The number of likely N-dealkylation sites (tertiary alicyclic amines) is 2. The third kappa shape index (κ3) is 8.09. The van der Waals surface area contributed by atoms with Crippen LogP contribution in [0.3, 0.4) is 0 Å². The lowest BCUT2D eigenvalue weighted by atomic mass is 9.80. The van der Waals surface area contributed by atoms with Gasteiger partial charge in [-0.3, -0.25) is 24.1 Å². The van der Waals surface area contributed by atoms with Gasteiger partial charge in [0.25, 0.3) is 5.91 Å². The molecule has 6 fully saturated rings. The monoisotopic (exact) mass is 716 g/mol. The molecular formula is C39H49FN6O6. The van der Waals surface area contributed by atoms with E-state index in [2.05, 4.69) is 15.5 Å². The maximum absolute atomic E-state index is 13.8. The summed E-state index contributed by atoms with van der Waals surface area (Å²) < 4.78 is 19.4. The van der Waals surface area contributed by atoms with Gasteiger partial charge in [-0.05, 0) is 93.2 Å². The summed E-state index contributed by atoms with van der Waals surface area (Å²) in [5, 5.41) is 6.21. The third-order valence-corrected chi connectivity index (χ3v) is 11.8. The summed E-state index contributed by atoms with van der Waals surface area (Å²) in [7, 11) is 0. The van der Waals surface area contributed by atoms with Gasteiger partial charge in [-0.25, -0.2) is 9.18 Å². The number of carbonyl (C=O) groups excluding carboxylic acids is 5. The summed E-state index contributed by atoms with van der Waals surface area (Å²) in [5.74, 6) is -1.21. The van der Waals surface area contributed by atoms with Crippen molar-refractivity contribution in [3.05, 3.63) is 71.5 Å². The van der Waals surface area contributed by atoms with Crippen molar-refractivity contribution in [3.63, 3.8) is 0 Å². The van der Waals surface area contributed by atoms with E-state index in [-0.39, 0.29) is 73.3 Å². The van der Waals surface area contributed by atoms with Gasteiger partial charge in [0.2, 0.25) is 17.7 Å². The number of amides is 5. The molecule has 0 spiro atoms. The van der Waals surface area contributed by atoms with E-state index in [4.69, 9.17) is 4.74 Å². The van der Waals surface area contributed by atoms with Crippen LogP contribution in [0.5, 0.6) is 0 Å². The second kappa shape index (κ2) is 16.0. The van der Waals surface area contributed by atoms with Crippen molar-refractivity contribution in [1.29, 1.82) is 0 Å². The minimum absolute atomic E-state index is 0.0274. The van der Waals surface area contributed by atoms with E-state index in [0.29, 0.717) is 45.4 Å². The zero-order valence-corrected chi connectivity index (χ0v) is 29.6. The summed E-state index contributed by atoms with van der Waals surface area (Å²) in [4.78, 5) is 75.6. The van der Waals surface area contributed by atoms with Crippen LogP contribution in [0.1, 0.15) is 67.3 Å². The Bertz CT molecular complexity index is 1620. The van der Waals surface area contributed by atoms with Crippen LogP contribution in [0.25, 0.3) is 0 Å². The lowest BCUT2D eigenvalue weighted by molar-refractivity contribution is -0.135. The third-order valence-electron chi connectivity index (χ3n) is 11.8. The van der Waals surface area contributed by atoms with E-state index in [0.717, 1.165) is 37.8 Å². The second-order valence-electron chi connectivity index (χ2n) is 15.0. The molecule has 5 atom stereocenters. The fraction of sp³-hybridized carbons (Fsp3) is 0.564. The Morgan fingerprint density at radius 1 is 0.808 bits per heavy atom. The van der Waals surface area contributed by atoms with Gasteiger partial charge in [0, 0.05) is 63.3 Å². The van der Waals surface area contributed by atoms with E-state index in [1.165, 1.54) is 29.2 Å². The van der Waals surface area contributed by atoms with Crippen molar-refractivity contribution >= 4 is 29.7 Å². The normalized spacial score (nSPS) is 28.9. The van der Waals surface area contributed by atoms with Crippen LogP contribution in [0.4, 0.5) is 9.18 Å². The molecule has 0 saturated carbocycles. The number of hydrogen-bond donors (Lipinski definition) is 2. The Kier molecular flexibility index (Phi) is 11.0. The first kappa shape index (κ1) is 35.9. The molecule has 6 aliphatic rings. The zero-order valence-electron chi connectivity index (χ0n) is 29.6. The zero-order chi connectivity index (χ0) is 36.2. The first-order valence-electron chi connectivity index (χ1n) is 18.9. The molecule has 0 aliphatic carbocycles. The van der Waals surface area contributed by atoms with Crippen molar-refractivity contribution in [2.75, 3.05) is 45.8 Å². The number of piperidine rings is 2. The predicted molar refractivity (Wildman–Crippen MR) is 189 cm³/mol. The first-order valence-corrected chi connectivity index (χ1v) is 18.9. The Morgan fingerprint density at radius 2 is 1.58 bits per heavy atom. The van der Waals surface area contributed by atoms with Gasteiger partial charge in [-0.1, -0.05) is 30.3 Å². The van der Waals surface area contributed by atoms with Gasteiger partial charge in [0.05, 0.1) is 6.04 Å². The van der Waals surface area contributed by atoms with E-state index in [1.54, 1.807) is 4.90 Å². The van der Waals surface area contributed by atoms with E-state index in [1.807, 2.05) is 35.2 Å². The molecule has 12 nitrogen and oxygen atoms in total. The van der Waals surface area contributed by atoms with Crippen molar-refractivity contribution in [1.82, 2.24) is 30.2 Å². The molecule has 4 bridgehead atoms. The quantitative estimate of drug-likeness (QED) is 0.499. The lowest BCUT2D eigenvalue weighted by Crippen LogP contribution is -2.54. The maximum atomic E-state index is 13.8. The number of nitrogens with one attached hydrogen (secondary N) is 2. The Hall–Kier alpha value is -4.52. The smallest absolute Gasteiger partial charge is 0.410 e. The highest BCUT2D eigenvalue weighted by atomic mass is 19.1. The molecule has 6 aliphatic heterocycles. The summed E-state index contributed by atoms with van der Waals surface area (Å²) in [6, 6.07) is 13.4. The Morgan fingerprint density at radius 3 is 2.35 bits per heavy atom. The van der Waals surface area contributed by atoms with Crippen LogP contribution in [0, 0.1) is 17.7 Å². The highest BCUT2D eigenvalue weighted by molar-refractivity contribution is 5.98. The van der Waals surface area contributed by atoms with Crippen molar-refractivity contribution in [3.8, 4) is 0 Å². The number of hydrogen-bond acceptors (Lipinski definition) is 7. The summed E-state index contributed by atoms with van der Waals surface area (Å²) in [6.45, 7) is 3.62. The van der Waals surface area contributed by atoms with Crippen LogP contribution >= 0.6 is 0 Å². The molecule has 2 aromatic carbocycles. The van der Waals surface area contributed by atoms with Crippen molar-refractivity contribution in [2.24, 2.45) is 11.8 Å². The number of halogens is 1. The van der Waals surface area contributed by atoms with Gasteiger partial charge in [0.1, 0.15) is 18.5 Å². The maximum Gasteiger partial charge on any atom is 0.410 e. The Balaban J connectivity index is 1.09. The first-order chi connectivity index (χ1) is 25.2. The number of fused-ring (bicyclic) bond motifs is 7. The molecule has 6 heterocycles. The molecule has 2 aromatic rings. The average Bonchev–Trinajstić information content (AvgIpc) is 3.83. The molecule has 8 rings (SSSR count). The van der Waals surface area contributed by atoms with Crippen LogP contribution in [0.15, 0.2) is 54.6 Å². The molecule has 0 radical (unpaired) electrons. The fourth-order valence-corrected chi connectivity index (χ4v) is 8.93. The van der Waals surface area contributed by atoms with Crippen LogP contribution in [-0.2, 0) is 25.7 Å². The summed E-state index contributed by atoms with van der Waals surface area (Å²) >= 11 is 0. The largest absolute Gasteiger partial charge is 0.445 e. The molecule has 13 heteroatoms. The minimum Gasteiger partial charge on any atom is -0.445 e. The van der Waals surface area contributed by atoms with Crippen LogP contribution < -0.4 is 10.6 Å². The SMILES string of the molecule is O=C1NCC[C@H]2CN(C(=O)OCc3ccccc3)CC[C@H]2CC(=O)N2CCC(CC2)N2CCC[C@H]2C(=O)N[C@@H]2C[C@H]1N(C(=O)c1ccc(F)cc1)C2. The van der Waals surface area contributed by atoms with Gasteiger partial charge in [0.15, 0.2) is 0 Å². The number of benzene rings is 2. The van der Waals surface area contributed by atoms with Crippen molar-refractivity contribution < 1.29 is 33.1 Å². The molecule has 5 amide bonds. The number of ether oxygens (including phenoxy) is 1. The lowest BCUT2D eigenvalue weighted by Gasteiger charge is -2.41. The van der Waals surface area contributed by atoms with Gasteiger partial charge in [-0.15, -0.1) is 0 Å². The minimum atomic E-state index is -0.832. The standard InChI is InChI=1S/C39H49FN6O6/c40-30-10-8-27(9-11-30)38(50)46-24-31-22-34(46)36(48)41-16-12-29-23-44(39(51)52-25-26-5-2-1-3-6-26)18-13-28(29)21-35(47)43-19-14-32(15-20-43)45-17-4-7-33(45)37(49)42-31/h1-3,5-6,8-11,28-29,31-34H,4,7,12-25H2,(H,41,48)(H,42,49)/t28-,29-,31+,33-,34+/m0/s1. The summed E-state index contributed by atoms with van der Waals surface area (Å²) in [5.41, 5.74) is 1.17. The fourth-order valence-electron chi connectivity index (χ4n) is 8.93. The van der Waals surface area contributed by atoms with Crippen molar-refractivity contribution in [2.45, 2.75) is 82.1 Å². The molecule has 6 saturated heterocycles. The number of nitrogens with zero attached hydrogens (tertiary/aromatic N) is 4. The average molecular weight is 717 g/mol. The van der Waals surface area contributed by atoms with E-state index < -0.39 is 29.9 Å². The Labute approximate surface area is 304 Å². The molecule has 0 unspecified atom stereocenters. The number of rotatable bonds is 3. The van der Waals surface area contributed by atoms with Gasteiger partial charge in [-0.2, -0.15) is 0 Å². The predicted octanol–water partition coefficient (Wildman–Crippen LogP) is 3.17. The number of carbonyl (C=O) groups is 5. The van der Waals surface area contributed by atoms with Crippen LogP contribution in [-0.4, -0.2) is 119 Å². The van der Waals surface area contributed by atoms with Gasteiger partial charge >= 0.3 is 6.09 Å². The van der Waals surface area contributed by atoms with E-state index in [9.17, 15) is 28.4 Å². The summed E-state index contributed by atoms with van der Waals surface area (Å²) in [6.07, 6.45) is 4.65. The molecular weight excluding hydrogens is 667 g/mol. The second-order valence-corrected chi connectivity index (χ2v) is 15.0. The molecule has 2 N–H and O–H groups in total. The van der Waals surface area contributed by atoms with Crippen LogP contribution in [0.2, 0.25) is 0 Å². The van der Waals surface area contributed by atoms with Gasteiger partial charge < -0.3 is 30.1 Å². The topological polar surface area (TPSA) is 132 Å². The molecule has 52 heavy (non-hydrogen) atoms. The molecule has 0 aromatic heterocycles. The highest BCUT2D eigenvalue weighted by Gasteiger charge is 2.44.